The number of aliphatic hydroxyl groups is 1. The molecule has 1 aliphatic heterocycles. The van der Waals surface area contributed by atoms with Crippen LogP contribution in [-0.4, -0.2) is 51.2 Å². The van der Waals surface area contributed by atoms with E-state index in [1.165, 1.54) is 18.7 Å². The number of benzene rings is 1. The Morgan fingerprint density at radius 1 is 1.29 bits per heavy atom. The summed E-state index contributed by atoms with van der Waals surface area (Å²) in [5.41, 5.74) is 0.538. The van der Waals surface area contributed by atoms with Crippen molar-refractivity contribution in [2.24, 2.45) is 0 Å². The first-order valence-corrected chi connectivity index (χ1v) is 8.02. The van der Waals surface area contributed by atoms with Gasteiger partial charge < -0.3 is 14.7 Å². The highest BCUT2D eigenvalue weighted by atomic mass is 16.5. The molecule has 3 rings (SSSR count). The number of ether oxygens (including phenoxy) is 1. The summed E-state index contributed by atoms with van der Waals surface area (Å²) in [5.74, 6) is 0.554. The Kier molecular flexibility index (Phi) is 4.76. The number of carbonyl (C=O) groups is 1. The number of β-amino-alcohol motifs (C(OH)–C–C–N with tert-alkyl or cyclic N) is 1. The lowest BCUT2D eigenvalue weighted by Gasteiger charge is -2.38. The summed E-state index contributed by atoms with van der Waals surface area (Å²) in [4.78, 5) is 21.9. The third-order valence-electron chi connectivity index (χ3n) is 4.18. The van der Waals surface area contributed by atoms with Crippen LogP contribution in [0.1, 0.15) is 28.8 Å². The van der Waals surface area contributed by atoms with Crippen molar-refractivity contribution in [1.82, 2.24) is 14.9 Å². The van der Waals surface area contributed by atoms with Gasteiger partial charge in [-0.15, -0.1) is 0 Å². The maximum atomic E-state index is 12.5. The number of hydrogen-bond acceptors (Lipinski definition) is 5. The fourth-order valence-corrected chi connectivity index (χ4v) is 2.85. The molecule has 1 atom stereocenters. The number of carbonyl (C=O) groups excluding carboxylic acids is 1. The van der Waals surface area contributed by atoms with Crippen molar-refractivity contribution in [3.05, 3.63) is 54.1 Å². The van der Waals surface area contributed by atoms with Gasteiger partial charge in [0.1, 0.15) is 24.3 Å². The van der Waals surface area contributed by atoms with Crippen molar-refractivity contribution in [2.75, 3.05) is 19.7 Å². The second-order valence-corrected chi connectivity index (χ2v) is 6.28. The number of hydrogen-bond donors (Lipinski definition) is 1. The van der Waals surface area contributed by atoms with E-state index in [0.717, 1.165) is 12.0 Å². The van der Waals surface area contributed by atoms with Crippen LogP contribution in [-0.2, 0) is 0 Å². The highest BCUT2D eigenvalue weighted by Gasteiger charge is 2.36. The summed E-state index contributed by atoms with van der Waals surface area (Å²) in [7, 11) is 0. The van der Waals surface area contributed by atoms with E-state index < -0.39 is 5.60 Å². The molecule has 0 radical (unpaired) electrons. The Bertz CT molecular complexity index is 690. The van der Waals surface area contributed by atoms with Crippen molar-refractivity contribution in [3.63, 3.8) is 0 Å². The lowest BCUT2D eigenvalue weighted by atomic mass is 9.93. The quantitative estimate of drug-likeness (QED) is 0.927. The highest BCUT2D eigenvalue weighted by Crippen LogP contribution is 2.24. The van der Waals surface area contributed by atoms with E-state index in [9.17, 15) is 9.90 Å². The predicted octanol–water partition coefficient (Wildman–Crippen LogP) is 1.83. The Morgan fingerprint density at radius 3 is 2.71 bits per heavy atom. The summed E-state index contributed by atoms with van der Waals surface area (Å²) >= 11 is 0. The molecule has 1 N–H and O–H groups in total. The maximum absolute atomic E-state index is 12.5. The van der Waals surface area contributed by atoms with Crippen LogP contribution in [0.15, 0.2) is 43.0 Å². The molecule has 6 nitrogen and oxygen atoms in total. The monoisotopic (exact) mass is 327 g/mol. The lowest BCUT2D eigenvalue weighted by molar-refractivity contribution is -0.0532. The summed E-state index contributed by atoms with van der Waals surface area (Å²) in [5, 5.41) is 10.8. The molecule has 1 aromatic heterocycles. The average Bonchev–Trinajstić information content (AvgIpc) is 2.61. The van der Waals surface area contributed by atoms with Gasteiger partial charge >= 0.3 is 0 Å². The molecule has 1 amide bonds. The zero-order chi connectivity index (χ0) is 17.0. The van der Waals surface area contributed by atoms with Crippen LogP contribution in [0.2, 0.25) is 0 Å². The molecule has 6 heteroatoms. The topological polar surface area (TPSA) is 75.6 Å². The van der Waals surface area contributed by atoms with Gasteiger partial charge in [0, 0.05) is 18.9 Å². The molecule has 2 aromatic rings. The molecule has 24 heavy (non-hydrogen) atoms. The molecule has 0 bridgehead atoms. The molecule has 0 aliphatic carbocycles. The molecule has 2 heterocycles. The van der Waals surface area contributed by atoms with Gasteiger partial charge in [-0.3, -0.25) is 4.79 Å². The molecule has 0 spiro atoms. The van der Waals surface area contributed by atoms with Crippen molar-refractivity contribution in [1.29, 1.82) is 0 Å². The minimum absolute atomic E-state index is 0.158. The van der Waals surface area contributed by atoms with Crippen molar-refractivity contribution in [3.8, 4) is 5.75 Å². The van der Waals surface area contributed by atoms with E-state index in [1.807, 2.05) is 31.2 Å². The molecule has 1 fully saturated rings. The molecule has 1 aliphatic rings. The van der Waals surface area contributed by atoms with Crippen molar-refractivity contribution >= 4 is 5.91 Å². The van der Waals surface area contributed by atoms with E-state index in [4.69, 9.17) is 4.74 Å². The molecular weight excluding hydrogens is 306 g/mol. The zero-order valence-corrected chi connectivity index (χ0v) is 13.7. The van der Waals surface area contributed by atoms with E-state index in [0.29, 0.717) is 24.3 Å². The normalized spacial score (nSPS) is 20.7. The Hall–Kier alpha value is -2.47. The number of likely N-dealkylation sites (tertiary alicyclic amines) is 1. The first-order valence-electron chi connectivity index (χ1n) is 8.02. The number of nitrogens with zero attached hydrogens (tertiary/aromatic N) is 3. The van der Waals surface area contributed by atoms with Gasteiger partial charge in [0.15, 0.2) is 0 Å². The number of amides is 1. The first-order chi connectivity index (χ1) is 11.6. The average molecular weight is 327 g/mol. The van der Waals surface area contributed by atoms with Gasteiger partial charge in [-0.25, -0.2) is 9.97 Å². The predicted molar refractivity (Wildman–Crippen MR) is 88.8 cm³/mol. The third kappa shape index (κ3) is 3.89. The molecule has 1 unspecified atom stereocenters. The number of aromatic nitrogens is 2. The van der Waals surface area contributed by atoms with Crippen molar-refractivity contribution in [2.45, 2.75) is 25.4 Å². The van der Waals surface area contributed by atoms with Crippen LogP contribution in [0.25, 0.3) is 0 Å². The van der Waals surface area contributed by atoms with Crippen LogP contribution >= 0.6 is 0 Å². The fourth-order valence-electron chi connectivity index (χ4n) is 2.85. The summed E-state index contributed by atoms with van der Waals surface area (Å²) in [6.45, 7) is 3.02. The van der Waals surface area contributed by atoms with Gasteiger partial charge in [-0.1, -0.05) is 17.7 Å². The number of piperidine rings is 1. The van der Waals surface area contributed by atoms with Crippen LogP contribution in [0.5, 0.6) is 5.75 Å². The molecule has 1 aromatic carbocycles. The Labute approximate surface area is 141 Å². The first kappa shape index (κ1) is 16.4. The Morgan fingerprint density at radius 2 is 2.00 bits per heavy atom. The summed E-state index contributed by atoms with van der Waals surface area (Å²) < 4.78 is 5.72. The van der Waals surface area contributed by atoms with Gasteiger partial charge in [0.2, 0.25) is 0 Å². The van der Waals surface area contributed by atoms with Crippen LogP contribution in [0, 0.1) is 6.92 Å². The molecular formula is C18H21N3O3. The number of aryl methyl sites for hydroxylation is 1. The smallest absolute Gasteiger partial charge is 0.257 e. The van der Waals surface area contributed by atoms with Gasteiger partial charge in [0.05, 0.1) is 12.1 Å². The van der Waals surface area contributed by atoms with Gasteiger partial charge in [-0.05, 0) is 31.9 Å². The number of rotatable bonds is 4. The molecule has 126 valence electrons. The fraction of sp³-hybridized carbons (Fsp3) is 0.389. The molecule has 0 saturated carbocycles. The van der Waals surface area contributed by atoms with Crippen LogP contribution in [0.4, 0.5) is 0 Å². The molecule has 1 saturated heterocycles. The largest absolute Gasteiger partial charge is 0.491 e. The standard InChI is InChI=1S/C18H21N3O3/c1-14-3-5-16(6-4-14)24-12-18(23)7-2-8-21(11-18)17(22)15-9-19-13-20-10-15/h3-6,9-10,13,23H,2,7-8,11-12H2,1H3. The Balaban J connectivity index is 1.63. The highest BCUT2D eigenvalue weighted by molar-refractivity contribution is 5.93. The summed E-state index contributed by atoms with van der Waals surface area (Å²) in [6.07, 6.45) is 5.71. The zero-order valence-electron chi connectivity index (χ0n) is 13.7. The lowest BCUT2D eigenvalue weighted by Crippen LogP contribution is -2.53. The van der Waals surface area contributed by atoms with E-state index in [2.05, 4.69) is 9.97 Å². The van der Waals surface area contributed by atoms with Crippen LogP contribution < -0.4 is 4.74 Å². The maximum Gasteiger partial charge on any atom is 0.257 e. The minimum Gasteiger partial charge on any atom is -0.491 e. The van der Waals surface area contributed by atoms with Gasteiger partial charge in [-0.2, -0.15) is 0 Å². The van der Waals surface area contributed by atoms with Crippen LogP contribution in [0.3, 0.4) is 0 Å². The third-order valence-corrected chi connectivity index (χ3v) is 4.18. The van der Waals surface area contributed by atoms with E-state index in [1.54, 1.807) is 4.90 Å². The second-order valence-electron chi connectivity index (χ2n) is 6.28. The van der Waals surface area contributed by atoms with Crippen molar-refractivity contribution < 1.29 is 14.6 Å². The second kappa shape index (κ2) is 6.97. The van der Waals surface area contributed by atoms with Gasteiger partial charge in [0.25, 0.3) is 5.91 Å². The SMILES string of the molecule is Cc1ccc(OCC2(O)CCCN(C(=O)c3cncnc3)C2)cc1. The van der Waals surface area contributed by atoms with E-state index in [-0.39, 0.29) is 19.1 Å². The minimum atomic E-state index is -1.05. The van der Waals surface area contributed by atoms with E-state index >= 15 is 0 Å². The summed E-state index contributed by atoms with van der Waals surface area (Å²) in [6, 6.07) is 7.69.